The van der Waals surface area contributed by atoms with Crippen LogP contribution in [-0.4, -0.2) is 0 Å². The fourth-order valence-corrected chi connectivity index (χ4v) is 1.79. The highest BCUT2D eigenvalue weighted by Gasteiger charge is 2.14. The molecule has 1 rings (SSSR count). The Morgan fingerprint density at radius 2 is 2.00 bits per heavy atom. The second-order valence-electron chi connectivity index (χ2n) is 3.81. The quantitative estimate of drug-likeness (QED) is 0.425. The summed E-state index contributed by atoms with van der Waals surface area (Å²) in [7, 11) is 0. The van der Waals surface area contributed by atoms with Crippen LogP contribution in [0.1, 0.15) is 40.5 Å². The van der Waals surface area contributed by atoms with E-state index in [1.54, 1.807) is 0 Å². The molecule has 0 amide bonds. The van der Waals surface area contributed by atoms with E-state index in [2.05, 4.69) is 50.8 Å². The Morgan fingerprint density at radius 1 is 1.29 bits per heavy atom. The Balaban J connectivity index is 0.00000121. The summed E-state index contributed by atoms with van der Waals surface area (Å²) in [4.78, 5) is 0. The smallest absolute Gasteiger partial charge is 0.00583 e. The fraction of sp³-hybridized carbons (Fsp3) is 0.412. The lowest BCUT2D eigenvalue weighted by Gasteiger charge is -2.08. The largest absolute Gasteiger partial charge is 0.0991 e. The van der Waals surface area contributed by atoms with Gasteiger partial charge in [-0.1, -0.05) is 69.9 Å². The molecule has 0 heteroatoms. The van der Waals surface area contributed by atoms with E-state index >= 15 is 0 Å². The SMILES string of the molecule is C=C/C=C\C1=C(C)C=CC1C/C=C/CC.CC. The van der Waals surface area contributed by atoms with Crippen LogP contribution in [0.2, 0.25) is 0 Å². The highest BCUT2D eigenvalue weighted by Crippen LogP contribution is 2.29. The molecule has 0 aromatic carbocycles. The lowest BCUT2D eigenvalue weighted by molar-refractivity contribution is 0.803. The molecule has 94 valence electrons. The summed E-state index contributed by atoms with van der Waals surface area (Å²) in [6, 6.07) is 0. The Bertz CT molecular complexity index is 324. The summed E-state index contributed by atoms with van der Waals surface area (Å²) in [6.45, 7) is 12.0. The highest BCUT2D eigenvalue weighted by atomic mass is 14.2. The first-order valence-corrected chi connectivity index (χ1v) is 6.62. The van der Waals surface area contributed by atoms with E-state index in [0.717, 1.165) is 12.8 Å². The van der Waals surface area contributed by atoms with Crippen LogP contribution in [0.3, 0.4) is 0 Å². The maximum atomic E-state index is 3.70. The second kappa shape index (κ2) is 9.89. The van der Waals surface area contributed by atoms with Gasteiger partial charge in [-0.15, -0.1) is 0 Å². The number of hydrogen-bond donors (Lipinski definition) is 0. The lowest BCUT2D eigenvalue weighted by Crippen LogP contribution is -1.94. The van der Waals surface area contributed by atoms with Crippen molar-refractivity contribution in [3.05, 3.63) is 60.3 Å². The third-order valence-corrected chi connectivity index (χ3v) is 2.64. The van der Waals surface area contributed by atoms with Crippen molar-refractivity contribution in [3.63, 3.8) is 0 Å². The molecule has 17 heavy (non-hydrogen) atoms. The molecule has 1 unspecified atom stereocenters. The maximum Gasteiger partial charge on any atom is 0.00583 e. The van der Waals surface area contributed by atoms with Gasteiger partial charge in [0, 0.05) is 5.92 Å². The van der Waals surface area contributed by atoms with Crippen LogP contribution in [0.25, 0.3) is 0 Å². The minimum atomic E-state index is 0.559. The Labute approximate surface area is 107 Å². The van der Waals surface area contributed by atoms with E-state index in [1.807, 2.05) is 26.0 Å². The van der Waals surface area contributed by atoms with Crippen molar-refractivity contribution in [1.29, 1.82) is 0 Å². The summed E-state index contributed by atoms with van der Waals surface area (Å²) in [6.07, 6.45) is 17.3. The average Bonchev–Trinajstić information content (AvgIpc) is 2.71. The summed E-state index contributed by atoms with van der Waals surface area (Å²) < 4.78 is 0. The molecule has 0 aromatic heterocycles. The first-order chi connectivity index (χ1) is 8.29. The molecule has 0 radical (unpaired) electrons. The third-order valence-electron chi connectivity index (χ3n) is 2.64. The Kier molecular flexibility index (Phi) is 9.14. The van der Waals surface area contributed by atoms with Crippen LogP contribution < -0.4 is 0 Å². The van der Waals surface area contributed by atoms with Crippen LogP contribution in [0.15, 0.2) is 60.3 Å². The Hall–Kier alpha value is -1.30. The molecule has 0 saturated heterocycles. The van der Waals surface area contributed by atoms with Gasteiger partial charge in [0.1, 0.15) is 0 Å². The molecule has 0 aromatic rings. The van der Waals surface area contributed by atoms with Crippen LogP contribution in [0.5, 0.6) is 0 Å². The average molecular weight is 230 g/mol. The van der Waals surface area contributed by atoms with Crippen LogP contribution in [0.4, 0.5) is 0 Å². The van der Waals surface area contributed by atoms with Gasteiger partial charge in [-0.25, -0.2) is 0 Å². The van der Waals surface area contributed by atoms with Crippen LogP contribution >= 0.6 is 0 Å². The van der Waals surface area contributed by atoms with Crippen LogP contribution in [-0.2, 0) is 0 Å². The van der Waals surface area contributed by atoms with Crippen molar-refractivity contribution in [1.82, 2.24) is 0 Å². The van der Waals surface area contributed by atoms with E-state index in [1.165, 1.54) is 11.1 Å². The van der Waals surface area contributed by atoms with E-state index in [9.17, 15) is 0 Å². The fourth-order valence-electron chi connectivity index (χ4n) is 1.79. The molecule has 0 heterocycles. The summed E-state index contributed by atoms with van der Waals surface area (Å²) in [5.74, 6) is 0.559. The normalized spacial score (nSPS) is 18.9. The molecule has 1 aliphatic rings. The zero-order valence-electron chi connectivity index (χ0n) is 11.7. The number of hydrogen-bond acceptors (Lipinski definition) is 0. The molecule has 0 fully saturated rings. The van der Waals surface area contributed by atoms with Crippen molar-refractivity contribution in [2.24, 2.45) is 5.92 Å². The van der Waals surface area contributed by atoms with Gasteiger partial charge in [0.25, 0.3) is 0 Å². The summed E-state index contributed by atoms with van der Waals surface area (Å²) >= 11 is 0. The standard InChI is InChI=1S/C15H20.C2H6/c1-4-6-8-9-14-12-11-13(3)15(14)10-7-5-2;1-2/h5-8,10-12,14H,2,4,9H2,1,3H3;1-2H3/b8-6+,10-7-;. The van der Waals surface area contributed by atoms with E-state index < -0.39 is 0 Å². The molecule has 1 aliphatic carbocycles. The molecular formula is C17H26. The van der Waals surface area contributed by atoms with Gasteiger partial charge in [0.05, 0.1) is 0 Å². The van der Waals surface area contributed by atoms with Crippen molar-refractivity contribution in [3.8, 4) is 0 Å². The monoisotopic (exact) mass is 230 g/mol. The van der Waals surface area contributed by atoms with Crippen molar-refractivity contribution in [2.45, 2.75) is 40.5 Å². The van der Waals surface area contributed by atoms with Gasteiger partial charge in [-0.05, 0) is 30.9 Å². The van der Waals surface area contributed by atoms with Gasteiger partial charge in [0.15, 0.2) is 0 Å². The Morgan fingerprint density at radius 3 is 2.59 bits per heavy atom. The van der Waals surface area contributed by atoms with E-state index in [-0.39, 0.29) is 0 Å². The zero-order chi connectivity index (χ0) is 13.1. The second-order valence-corrected chi connectivity index (χ2v) is 3.81. The topological polar surface area (TPSA) is 0 Å². The van der Waals surface area contributed by atoms with Gasteiger partial charge >= 0.3 is 0 Å². The predicted molar refractivity (Wildman–Crippen MR) is 80.1 cm³/mol. The molecule has 0 spiro atoms. The van der Waals surface area contributed by atoms with Crippen molar-refractivity contribution < 1.29 is 0 Å². The van der Waals surface area contributed by atoms with E-state index in [0.29, 0.717) is 5.92 Å². The van der Waals surface area contributed by atoms with Gasteiger partial charge in [0.2, 0.25) is 0 Å². The molecule has 0 nitrogen and oxygen atoms in total. The number of rotatable bonds is 5. The molecular weight excluding hydrogens is 204 g/mol. The molecule has 0 N–H and O–H groups in total. The predicted octanol–water partition coefficient (Wildman–Crippen LogP) is 5.61. The minimum absolute atomic E-state index is 0.559. The van der Waals surface area contributed by atoms with Crippen molar-refractivity contribution in [2.75, 3.05) is 0 Å². The van der Waals surface area contributed by atoms with E-state index in [4.69, 9.17) is 0 Å². The van der Waals surface area contributed by atoms with Gasteiger partial charge in [-0.3, -0.25) is 0 Å². The highest BCUT2D eigenvalue weighted by molar-refractivity contribution is 5.42. The molecule has 1 atom stereocenters. The van der Waals surface area contributed by atoms with Crippen LogP contribution in [0, 0.1) is 5.92 Å². The minimum Gasteiger partial charge on any atom is -0.0991 e. The molecule has 0 aliphatic heterocycles. The molecule has 0 saturated carbocycles. The maximum absolute atomic E-state index is 3.70. The van der Waals surface area contributed by atoms with Gasteiger partial charge < -0.3 is 0 Å². The van der Waals surface area contributed by atoms with Gasteiger partial charge in [-0.2, -0.15) is 0 Å². The summed E-state index contributed by atoms with van der Waals surface area (Å²) in [5.41, 5.74) is 2.80. The number of allylic oxidation sites excluding steroid dienone is 9. The third kappa shape index (κ3) is 5.53. The van der Waals surface area contributed by atoms with Crippen molar-refractivity contribution >= 4 is 0 Å². The zero-order valence-corrected chi connectivity index (χ0v) is 11.7. The first-order valence-electron chi connectivity index (χ1n) is 6.62. The lowest BCUT2D eigenvalue weighted by atomic mass is 9.96. The summed E-state index contributed by atoms with van der Waals surface area (Å²) in [5, 5.41) is 0. The first kappa shape index (κ1) is 15.7. The molecule has 0 bridgehead atoms.